The number of likely N-dealkylation sites (tertiary alicyclic amines) is 1. The molecule has 3 aromatic heterocycles. The van der Waals surface area contributed by atoms with Gasteiger partial charge in [-0.1, -0.05) is 35.3 Å². The maximum atomic E-state index is 11.5. The maximum absolute atomic E-state index is 11.5. The first kappa shape index (κ1) is 27.0. The number of para-hydroxylation sites is 1. The van der Waals surface area contributed by atoms with E-state index in [1.165, 1.54) is 17.5 Å². The molecule has 0 amide bonds. The summed E-state index contributed by atoms with van der Waals surface area (Å²) in [5, 5.41) is 10.2. The molecule has 6 heterocycles. The fourth-order valence-electron chi connectivity index (χ4n) is 5.86. The molecule has 12 heteroatoms. The van der Waals surface area contributed by atoms with Gasteiger partial charge in [-0.3, -0.25) is 9.88 Å². The molecule has 2 saturated heterocycles. The molecule has 2 atom stereocenters. The molecule has 1 aromatic carbocycles. The van der Waals surface area contributed by atoms with Gasteiger partial charge in [0.05, 0.1) is 34.8 Å². The number of aromatic nitrogens is 3. The molecule has 0 saturated carbocycles. The van der Waals surface area contributed by atoms with Crippen molar-refractivity contribution >= 4 is 50.9 Å². The zero-order valence-corrected chi connectivity index (χ0v) is 24.6. The largest absolute Gasteiger partial charge is 0.477 e. The molecule has 1 N–H and O–H groups in total. The number of fused-ring (bicyclic) bond motifs is 2. The number of imidazole rings is 1. The first-order valence-corrected chi connectivity index (χ1v) is 15.2. The summed E-state index contributed by atoms with van der Waals surface area (Å²) in [5.41, 5.74) is 2.57. The molecule has 0 aliphatic carbocycles. The number of aromatic carboxylic acids is 1. The number of nitrogens with zero attached hydrogens (tertiary/aromatic N) is 4. The van der Waals surface area contributed by atoms with Gasteiger partial charge in [0.25, 0.3) is 5.79 Å². The number of benzene rings is 1. The standard InChI is InChI=1S/C29H28Cl2N4O5S/c1-29(24-11-19(30)20(31)13-32-24)39-22-4-2-3-18(26(22)40-29)16-5-8-34(9-6-16)15-25-33-27-21(12-23(41-27)28(36)37)35(25)14-17-7-10-38-17/h2-4,11-13,16-17H,5-10,14-15H2,1H3,(H,36,37)/t17-,29+/m0/s1. The minimum absolute atomic E-state index is 0.150. The molecule has 0 radical (unpaired) electrons. The van der Waals surface area contributed by atoms with Crippen molar-refractivity contribution in [1.82, 2.24) is 19.4 Å². The van der Waals surface area contributed by atoms with Crippen LogP contribution in [0.4, 0.5) is 0 Å². The van der Waals surface area contributed by atoms with Crippen LogP contribution in [0.25, 0.3) is 10.3 Å². The van der Waals surface area contributed by atoms with Gasteiger partial charge in [0.2, 0.25) is 0 Å². The van der Waals surface area contributed by atoms with Gasteiger partial charge in [0, 0.05) is 25.3 Å². The Morgan fingerprint density at radius 1 is 1.17 bits per heavy atom. The third-order valence-corrected chi connectivity index (χ3v) is 9.91. The van der Waals surface area contributed by atoms with Crippen molar-refractivity contribution in [2.75, 3.05) is 19.7 Å². The van der Waals surface area contributed by atoms with Crippen LogP contribution in [0.3, 0.4) is 0 Å². The van der Waals surface area contributed by atoms with Gasteiger partial charge in [0.15, 0.2) is 11.5 Å². The highest BCUT2D eigenvalue weighted by Crippen LogP contribution is 2.49. The Balaban J connectivity index is 1.06. The lowest BCUT2D eigenvalue weighted by Crippen LogP contribution is -2.35. The Bertz CT molecular complexity index is 1650. The van der Waals surface area contributed by atoms with E-state index in [2.05, 4.69) is 20.5 Å². The van der Waals surface area contributed by atoms with E-state index in [4.69, 9.17) is 42.4 Å². The smallest absolute Gasteiger partial charge is 0.346 e. The molecule has 0 unspecified atom stereocenters. The fourth-order valence-corrected chi connectivity index (χ4v) is 7.01. The summed E-state index contributed by atoms with van der Waals surface area (Å²) < 4.78 is 20.5. The van der Waals surface area contributed by atoms with Crippen molar-refractivity contribution in [3.8, 4) is 11.5 Å². The summed E-state index contributed by atoms with van der Waals surface area (Å²) in [7, 11) is 0. The predicted molar refractivity (Wildman–Crippen MR) is 155 cm³/mol. The number of halogens is 2. The van der Waals surface area contributed by atoms with Crippen molar-refractivity contribution in [2.45, 2.75) is 57.1 Å². The SMILES string of the molecule is C[C@@]1(c2cc(Cl)c(Cl)cn2)Oc2cccc(C3CCN(Cc4nc5sc(C(=O)O)cc5n4C[C@@H]4CCO4)CC3)c2O1. The molecular formula is C29H28Cl2N4O5S. The number of carboxylic acids is 1. The lowest BCUT2D eigenvalue weighted by Gasteiger charge is -2.33. The minimum atomic E-state index is -1.10. The van der Waals surface area contributed by atoms with Crippen LogP contribution in [0.1, 0.15) is 58.9 Å². The third kappa shape index (κ3) is 4.95. The quantitative estimate of drug-likeness (QED) is 0.258. The van der Waals surface area contributed by atoms with Gasteiger partial charge in [-0.2, -0.15) is 0 Å². The maximum Gasteiger partial charge on any atom is 0.346 e. The second-order valence-electron chi connectivity index (χ2n) is 10.9. The van der Waals surface area contributed by atoms with Gasteiger partial charge >= 0.3 is 5.97 Å². The summed E-state index contributed by atoms with van der Waals surface area (Å²) in [6.07, 6.45) is 4.60. The highest BCUT2D eigenvalue weighted by atomic mass is 35.5. The second kappa shape index (κ2) is 10.4. The molecule has 9 nitrogen and oxygen atoms in total. The van der Waals surface area contributed by atoms with Gasteiger partial charge < -0.3 is 23.9 Å². The number of thiophene rings is 1. The zero-order valence-electron chi connectivity index (χ0n) is 22.3. The van der Waals surface area contributed by atoms with E-state index in [-0.39, 0.29) is 6.10 Å². The summed E-state index contributed by atoms with van der Waals surface area (Å²) in [4.78, 5) is 24.3. The molecule has 3 aliphatic heterocycles. The number of piperidine rings is 1. The minimum Gasteiger partial charge on any atom is -0.477 e. The van der Waals surface area contributed by atoms with E-state index in [0.717, 1.165) is 66.4 Å². The van der Waals surface area contributed by atoms with Gasteiger partial charge in [0.1, 0.15) is 21.2 Å². The van der Waals surface area contributed by atoms with Crippen molar-refractivity contribution in [3.63, 3.8) is 0 Å². The number of ether oxygens (including phenoxy) is 3. The number of carboxylic acid groups (broad SMARTS) is 1. The first-order chi connectivity index (χ1) is 19.8. The Morgan fingerprint density at radius 2 is 1.98 bits per heavy atom. The van der Waals surface area contributed by atoms with Gasteiger partial charge in [-0.05, 0) is 56.5 Å². The van der Waals surface area contributed by atoms with Crippen LogP contribution < -0.4 is 9.47 Å². The monoisotopic (exact) mass is 614 g/mol. The van der Waals surface area contributed by atoms with Crippen LogP contribution >= 0.6 is 34.5 Å². The first-order valence-electron chi connectivity index (χ1n) is 13.7. The highest BCUT2D eigenvalue weighted by Gasteiger charge is 2.42. The van der Waals surface area contributed by atoms with E-state index in [0.29, 0.717) is 45.4 Å². The fraction of sp³-hybridized carbons (Fsp3) is 0.414. The Hall–Kier alpha value is -2.89. The molecule has 0 bridgehead atoms. The Kier molecular flexibility index (Phi) is 6.86. The molecule has 7 rings (SSSR count). The lowest BCUT2D eigenvalue weighted by molar-refractivity contribution is -0.0722. The zero-order chi connectivity index (χ0) is 28.3. The normalized spacial score (nSPS) is 22.8. The summed E-state index contributed by atoms with van der Waals surface area (Å²) in [5.74, 6) is 0.715. The van der Waals surface area contributed by atoms with Crippen LogP contribution in [0.5, 0.6) is 11.5 Å². The Morgan fingerprint density at radius 3 is 2.68 bits per heavy atom. The molecule has 3 aliphatic rings. The lowest BCUT2D eigenvalue weighted by atomic mass is 9.88. The number of hydrogen-bond donors (Lipinski definition) is 1. The summed E-state index contributed by atoms with van der Waals surface area (Å²) >= 11 is 13.5. The molecular weight excluding hydrogens is 587 g/mol. The number of pyridine rings is 1. The van der Waals surface area contributed by atoms with Crippen LogP contribution in [0.2, 0.25) is 10.0 Å². The number of hydrogen-bond acceptors (Lipinski definition) is 8. The van der Waals surface area contributed by atoms with Crippen molar-refractivity contribution < 1.29 is 24.1 Å². The van der Waals surface area contributed by atoms with E-state index in [1.807, 2.05) is 19.1 Å². The molecule has 214 valence electrons. The topological polar surface area (TPSA) is 98.9 Å². The van der Waals surface area contributed by atoms with Crippen LogP contribution in [0.15, 0.2) is 36.5 Å². The van der Waals surface area contributed by atoms with Crippen molar-refractivity contribution in [1.29, 1.82) is 0 Å². The molecule has 4 aromatic rings. The van der Waals surface area contributed by atoms with Crippen LogP contribution in [-0.2, 0) is 23.6 Å². The van der Waals surface area contributed by atoms with E-state index >= 15 is 0 Å². The average molecular weight is 616 g/mol. The molecule has 2 fully saturated rings. The number of carbonyl (C=O) groups is 1. The summed E-state index contributed by atoms with van der Waals surface area (Å²) in [6, 6.07) is 9.47. The summed E-state index contributed by atoms with van der Waals surface area (Å²) in [6.45, 7) is 5.82. The van der Waals surface area contributed by atoms with E-state index in [1.54, 1.807) is 12.1 Å². The Labute approximate surface area is 250 Å². The third-order valence-electron chi connectivity index (χ3n) is 8.19. The van der Waals surface area contributed by atoms with E-state index < -0.39 is 11.8 Å². The number of rotatable bonds is 7. The van der Waals surface area contributed by atoms with Crippen molar-refractivity contribution in [2.24, 2.45) is 0 Å². The second-order valence-corrected chi connectivity index (χ2v) is 12.7. The highest BCUT2D eigenvalue weighted by molar-refractivity contribution is 7.20. The molecule has 41 heavy (non-hydrogen) atoms. The molecule has 0 spiro atoms. The van der Waals surface area contributed by atoms with Crippen LogP contribution in [-0.4, -0.2) is 56.3 Å². The van der Waals surface area contributed by atoms with Crippen molar-refractivity contribution in [3.05, 3.63) is 68.5 Å². The average Bonchev–Trinajstić information content (AvgIpc) is 3.59. The van der Waals surface area contributed by atoms with Gasteiger partial charge in [-0.15, -0.1) is 11.3 Å². The van der Waals surface area contributed by atoms with E-state index in [9.17, 15) is 9.90 Å². The van der Waals surface area contributed by atoms with Crippen LogP contribution in [0, 0.1) is 0 Å². The predicted octanol–water partition coefficient (Wildman–Crippen LogP) is 6.31. The van der Waals surface area contributed by atoms with Gasteiger partial charge in [-0.25, -0.2) is 9.78 Å².